The van der Waals surface area contributed by atoms with Crippen molar-refractivity contribution < 1.29 is 14.6 Å². The Labute approximate surface area is 68.5 Å². The number of halogens is 1. The van der Waals surface area contributed by atoms with Gasteiger partial charge in [0.2, 0.25) is 0 Å². The van der Waals surface area contributed by atoms with Crippen molar-refractivity contribution in [1.29, 1.82) is 0 Å². The van der Waals surface area contributed by atoms with Crippen molar-refractivity contribution in [1.82, 2.24) is 0 Å². The fraction of sp³-hybridized carbons (Fsp3) is 0.833. The third-order valence-electron chi connectivity index (χ3n) is 0.785. The summed E-state index contributed by atoms with van der Waals surface area (Å²) in [7, 11) is 0. The van der Waals surface area contributed by atoms with Crippen LogP contribution in [-0.2, 0) is 9.53 Å². The molecule has 1 atom stereocenters. The lowest BCUT2D eigenvalue weighted by molar-refractivity contribution is -0.146. The quantitative estimate of drug-likeness (QED) is 0.560. The summed E-state index contributed by atoms with van der Waals surface area (Å²) in [6, 6.07) is 0. The Morgan fingerprint density at radius 1 is 1.80 bits per heavy atom. The molecule has 1 N–H and O–H groups in total. The minimum absolute atomic E-state index is 0.0142. The Balaban J connectivity index is 3.46. The standard InChI is InChI=1S/C6H11BrO3/c1-3-5(8)10-4-6(2,7)9/h9H,3-4H2,1-2H3. The van der Waals surface area contributed by atoms with Crippen molar-refractivity contribution in [2.45, 2.75) is 24.8 Å². The summed E-state index contributed by atoms with van der Waals surface area (Å²) in [5, 5.41) is 9.00. The van der Waals surface area contributed by atoms with Crippen molar-refractivity contribution in [2.75, 3.05) is 6.61 Å². The molecule has 0 aliphatic heterocycles. The van der Waals surface area contributed by atoms with Gasteiger partial charge in [-0.15, -0.1) is 0 Å². The van der Waals surface area contributed by atoms with Gasteiger partial charge in [-0.1, -0.05) is 22.9 Å². The summed E-state index contributed by atoms with van der Waals surface area (Å²) >= 11 is 2.91. The lowest BCUT2D eigenvalue weighted by Crippen LogP contribution is -2.24. The van der Waals surface area contributed by atoms with E-state index < -0.39 is 4.51 Å². The van der Waals surface area contributed by atoms with E-state index in [2.05, 4.69) is 20.7 Å². The van der Waals surface area contributed by atoms with Gasteiger partial charge in [0, 0.05) is 6.42 Å². The molecule has 0 heterocycles. The molecule has 10 heavy (non-hydrogen) atoms. The lowest BCUT2D eigenvalue weighted by atomic mass is 10.4. The molecule has 0 aliphatic rings. The normalized spacial score (nSPS) is 16.0. The van der Waals surface area contributed by atoms with E-state index in [9.17, 15) is 4.79 Å². The van der Waals surface area contributed by atoms with E-state index in [0.717, 1.165) is 0 Å². The van der Waals surface area contributed by atoms with Gasteiger partial charge in [-0.2, -0.15) is 0 Å². The van der Waals surface area contributed by atoms with E-state index in [0.29, 0.717) is 6.42 Å². The van der Waals surface area contributed by atoms with Crippen molar-refractivity contribution in [2.24, 2.45) is 0 Å². The Morgan fingerprint density at radius 3 is 2.60 bits per heavy atom. The summed E-state index contributed by atoms with van der Waals surface area (Å²) in [6.07, 6.45) is 0.336. The zero-order chi connectivity index (χ0) is 8.20. The van der Waals surface area contributed by atoms with Crippen LogP contribution in [0.4, 0.5) is 0 Å². The number of esters is 1. The van der Waals surface area contributed by atoms with Gasteiger partial charge >= 0.3 is 5.97 Å². The van der Waals surface area contributed by atoms with Crippen LogP contribution >= 0.6 is 15.9 Å². The van der Waals surface area contributed by atoms with E-state index >= 15 is 0 Å². The molecule has 0 radical (unpaired) electrons. The van der Waals surface area contributed by atoms with Gasteiger partial charge in [-0.25, -0.2) is 0 Å². The average Bonchev–Trinajstić information content (AvgIpc) is 1.81. The van der Waals surface area contributed by atoms with Crippen LogP contribution in [0.2, 0.25) is 0 Å². The first-order valence-electron chi connectivity index (χ1n) is 3.02. The Bertz CT molecular complexity index is 117. The fourth-order valence-corrected chi connectivity index (χ4v) is 0.429. The molecule has 0 bridgehead atoms. The highest BCUT2D eigenvalue weighted by atomic mass is 79.9. The number of rotatable bonds is 3. The van der Waals surface area contributed by atoms with Crippen LogP contribution < -0.4 is 0 Å². The lowest BCUT2D eigenvalue weighted by Gasteiger charge is -2.13. The second-order valence-corrected chi connectivity index (χ2v) is 3.87. The number of alkyl halides is 1. The maximum absolute atomic E-state index is 10.5. The molecule has 0 saturated heterocycles. The third kappa shape index (κ3) is 6.04. The predicted molar refractivity (Wildman–Crippen MR) is 40.8 cm³/mol. The number of carbonyl (C=O) groups is 1. The minimum Gasteiger partial charge on any atom is -0.462 e. The maximum Gasteiger partial charge on any atom is 0.305 e. The molecule has 0 aromatic heterocycles. The molecule has 0 amide bonds. The van der Waals surface area contributed by atoms with Crippen LogP contribution in [0.25, 0.3) is 0 Å². The van der Waals surface area contributed by atoms with Gasteiger partial charge in [0.1, 0.15) is 6.61 Å². The van der Waals surface area contributed by atoms with Gasteiger partial charge in [0.25, 0.3) is 0 Å². The molecule has 0 aromatic carbocycles. The van der Waals surface area contributed by atoms with E-state index in [1.807, 2.05) is 0 Å². The maximum atomic E-state index is 10.5. The molecular formula is C6H11BrO3. The number of hydrogen-bond acceptors (Lipinski definition) is 3. The molecule has 1 unspecified atom stereocenters. The SMILES string of the molecule is CCC(=O)OCC(C)(O)Br. The zero-order valence-corrected chi connectivity index (χ0v) is 7.64. The fourth-order valence-electron chi connectivity index (χ4n) is 0.314. The molecular weight excluding hydrogens is 200 g/mol. The highest BCUT2D eigenvalue weighted by Gasteiger charge is 2.16. The van der Waals surface area contributed by atoms with Crippen molar-refractivity contribution in [3.05, 3.63) is 0 Å². The van der Waals surface area contributed by atoms with E-state index in [-0.39, 0.29) is 12.6 Å². The van der Waals surface area contributed by atoms with Crippen molar-refractivity contribution in [3.8, 4) is 0 Å². The molecule has 60 valence electrons. The topological polar surface area (TPSA) is 46.5 Å². The van der Waals surface area contributed by atoms with Crippen LogP contribution in [0.15, 0.2) is 0 Å². The van der Waals surface area contributed by atoms with Crippen LogP contribution in [-0.4, -0.2) is 22.2 Å². The number of aliphatic hydroxyl groups is 1. The number of ether oxygens (including phenoxy) is 1. The summed E-state index contributed by atoms with van der Waals surface area (Å²) < 4.78 is 3.52. The molecule has 0 fully saturated rings. The average molecular weight is 211 g/mol. The molecule has 3 nitrogen and oxygen atoms in total. The van der Waals surface area contributed by atoms with E-state index in [1.54, 1.807) is 6.92 Å². The first kappa shape index (κ1) is 9.91. The molecule has 0 spiro atoms. The largest absolute Gasteiger partial charge is 0.462 e. The minimum atomic E-state index is -1.10. The van der Waals surface area contributed by atoms with E-state index in [1.165, 1.54) is 6.92 Å². The Hall–Kier alpha value is -0.0900. The Morgan fingerprint density at radius 2 is 2.30 bits per heavy atom. The molecule has 4 heteroatoms. The monoisotopic (exact) mass is 210 g/mol. The third-order valence-corrected chi connectivity index (χ3v) is 1.01. The van der Waals surface area contributed by atoms with Crippen LogP contribution in [0, 0.1) is 0 Å². The van der Waals surface area contributed by atoms with Gasteiger partial charge in [0.05, 0.1) is 0 Å². The summed E-state index contributed by atoms with van der Waals surface area (Å²) in [5.74, 6) is -0.306. The molecule has 0 aromatic rings. The van der Waals surface area contributed by atoms with Crippen molar-refractivity contribution >= 4 is 21.9 Å². The highest BCUT2D eigenvalue weighted by Crippen LogP contribution is 2.12. The first-order chi connectivity index (χ1) is 4.45. The second-order valence-electron chi connectivity index (χ2n) is 2.16. The van der Waals surface area contributed by atoms with E-state index in [4.69, 9.17) is 5.11 Å². The molecule has 0 aliphatic carbocycles. The second kappa shape index (κ2) is 3.93. The van der Waals surface area contributed by atoms with Crippen LogP contribution in [0.1, 0.15) is 20.3 Å². The Kier molecular flexibility index (Phi) is 3.89. The molecule has 0 saturated carbocycles. The number of hydrogen-bond donors (Lipinski definition) is 1. The van der Waals surface area contributed by atoms with Gasteiger partial charge < -0.3 is 9.84 Å². The first-order valence-corrected chi connectivity index (χ1v) is 3.82. The highest BCUT2D eigenvalue weighted by molar-refractivity contribution is 9.10. The van der Waals surface area contributed by atoms with Gasteiger partial charge in [-0.05, 0) is 6.92 Å². The summed E-state index contributed by atoms with van der Waals surface area (Å²) in [6.45, 7) is 3.20. The molecule has 0 rings (SSSR count). The smallest absolute Gasteiger partial charge is 0.305 e. The zero-order valence-electron chi connectivity index (χ0n) is 6.06. The van der Waals surface area contributed by atoms with Gasteiger partial charge in [0.15, 0.2) is 4.51 Å². The van der Waals surface area contributed by atoms with Crippen molar-refractivity contribution in [3.63, 3.8) is 0 Å². The van der Waals surface area contributed by atoms with Crippen LogP contribution in [0.5, 0.6) is 0 Å². The van der Waals surface area contributed by atoms with Crippen LogP contribution in [0.3, 0.4) is 0 Å². The number of carbonyl (C=O) groups excluding carboxylic acids is 1. The van der Waals surface area contributed by atoms with Gasteiger partial charge in [-0.3, -0.25) is 4.79 Å². The summed E-state index contributed by atoms with van der Waals surface area (Å²) in [4.78, 5) is 10.5. The predicted octanol–water partition coefficient (Wildman–Crippen LogP) is 1.04. The summed E-state index contributed by atoms with van der Waals surface area (Å²) in [5.41, 5.74) is 0.